The van der Waals surface area contributed by atoms with Gasteiger partial charge in [-0.25, -0.2) is 0 Å². The Morgan fingerprint density at radius 2 is 1.15 bits per heavy atom. The van der Waals surface area contributed by atoms with Crippen molar-refractivity contribution >= 4 is 0 Å². The van der Waals surface area contributed by atoms with Crippen LogP contribution < -0.4 is 0 Å². The number of benzene rings is 2. The second-order valence-corrected chi connectivity index (χ2v) is 7.66. The Morgan fingerprint density at radius 3 is 1.50 bits per heavy atom. The standard InChI is InChI=1S/C20H20F6/c1-12-5-7-14(8-6-12)17-15(19(21,22)23)9-13(11-18(2,3)4)10-16(17)20(24,25)26/h5-10H,11H2,1-4H3. The molecular formula is C20H20F6. The fourth-order valence-corrected chi connectivity index (χ4v) is 2.89. The van der Waals surface area contributed by atoms with E-state index in [1.807, 2.05) is 0 Å². The molecule has 0 saturated heterocycles. The number of hydrogen-bond donors (Lipinski definition) is 0. The van der Waals surface area contributed by atoms with Crippen molar-refractivity contribution in [2.45, 2.75) is 46.5 Å². The maximum absolute atomic E-state index is 13.6. The van der Waals surface area contributed by atoms with Crippen molar-refractivity contribution in [2.24, 2.45) is 5.41 Å². The molecule has 0 aliphatic rings. The van der Waals surface area contributed by atoms with Crippen LogP contribution in [0.4, 0.5) is 26.3 Å². The van der Waals surface area contributed by atoms with E-state index in [2.05, 4.69) is 0 Å². The second kappa shape index (κ2) is 6.63. The average Bonchev–Trinajstić information content (AvgIpc) is 2.44. The van der Waals surface area contributed by atoms with Crippen molar-refractivity contribution in [3.63, 3.8) is 0 Å². The highest BCUT2D eigenvalue weighted by Crippen LogP contribution is 2.45. The Balaban J connectivity index is 2.84. The largest absolute Gasteiger partial charge is 0.417 e. The van der Waals surface area contributed by atoms with Gasteiger partial charge in [0.05, 0.1) is 11.1 Å². The van der Waals surface area contributed by atoms with Crippen LogP contribution in [0.15, 0.2) is 36.4 Å². The molecule has 2 rings (SSSR count). The lowest BCUT2D eigenvalue weighted by atomic mass is 9.84. The SMILES string of the molecule is Cc1ccc(-c2c(C(F)(F)F)cc(CC(C)(C)C)cc2C(F)(F)F)cc1. The number of alkyl halides is 6. The van der Waals surface area contributed by atoms with Crippen LogP contribution in [-0.4, -0.2) is 0 Å². The minimum absolute atomic E-state index is 0.0213. The van der Waals surface area contributed by atoms with Gasteiger partial charge in [-0.1, -0.05) is 50.6 Å². The first-order chi connectivity index (χ1) is 11.7. The molecule has 2 aromatic rings. The molecule has 0 bridgehead atoms. The Morgan fingerprint density at radius 1 is 0.731 bits per heavy atom. The molecule has 0 aliphatic heterocycles. The fraction of sp³-hybridized carbons (Fsp3) is 0.400. The molecular weight excluding hydrogens is 354 g/mol. The van der Waals surface area contributed by atoms with E-state index in [1.54, 1.807) is 27.7 Å². The molecule has 26 heavy (non-hydrogen) atoms. The smallest absolute Gasteiger partial charge is 0.166 e. The summed E-state index contributed by atoms with van der Waals surface area (Å²) in [5, 5.41) is 0. The van der Waals surface area contributed by atoms with Crippen molar-refractivity contribution in [3.05, 3.63) is 58.7 Å². The van der Waals surface area contributed by atoms with Crippen LogP contribution in [0.25, 0.3) is 11.1 Å². The summed E-state index contributed by atoms with van der Waals surface area (Å²) < 4.78 is 81.8. The van der Waals surface area contributed by atoms with Gasteiger partial charge in [0.25, 0.3) is 0 Å². The van der Waals surface area contributed by atoms with E-state index < -0.39 is 34.5 Å². The molecule has 0 atom stereocenters. The maximum atomic E-state index is 13.6. The molecule has 0 heterocycles. The average molecular weight is 374 g/mol. The predicted molar refractivity (Wildman–Crippen MR) is 89.8 cm³/mol. The third kappa shape index (κ3) is 4.80. The number of hydrogen-bond acceptors (Lipinski definition) is 0. The van der Waals surface area contributed by atoms with E-state index >= 15 is 0 Å². The Hall–Kier alpha value is -1.98. The first kappa shape index (κ1) is 20.3. The third-order valence-corrected chi connectivity index (χ3v) is 3.88. The van der Waals surface area contributed by atoms with E-state index in [4.69, 9.17) is 0 Å². The summed E-state index contributed by atoms with van der Waals surface area (Å²) in [6, 6.07) is 7.26. The van der Waals surface area contributed by atoms with Gasteiger partial charge >= 0.3 is 12.4 Å². The third-order valence-electron chi connectivity index (χ3n) is 3.88. The monoisotopic (exact) mass is 374 g/mol. The van der Waals surface area contributed by atoms with Crippen LogP contribution in [0, 0.1) is 12.3 Å². The van der Waals surface area contributed by atoms with Crippen molar-refractivity contribution in [2.75, 3.05) is 0 Å². The summed E-state index contributed by atoms with van der Waals surface area (Å²) in [4.78, 5) is 0. The molecule has 0 amide bonds. The lowest BCUT2D eigenvalue weighted by Crippen LogP contribution is -2.17. The van der Waals surface area contributed by atoms with Crippen molar-refractivity contribution in [1.29, 1.82) is 0 Å². The van der Waals surface area contributed by atoms with Gasteiger partial charge < -0.3 is 0 Å². The summed E-state index contributed by atoms with van der Waals surface area (Å²) in [5.74, 6) is 0. The summed E-state index contributed by atoms with van der Waals surface area (Å²) in [7, 11) is 0. The van der Waals surface area contributed by atoms with Crippen molar-refractivity contribution < 1.29 is 26.3 Å². The van der Waals surface area contributed by atoms with Crippen LogP contribution in [0.2, 0.25) is 0 Å². The molecule has 0 nitrogen and oxygen atoms in total. The summed E-state index contributed by atoms with van der Waals surface area (Å²) in [5.41, 5.74) is -3.10. The van der Waals surface area contributed by atoms with Gasteiger partial charge in [0, 0.05) is 5.56 Å². The van der Waals surface area contributed by atoms with E-state index in [1.165, 1.54) is 24.3 Å². The number of rotatable bonds is 2. The lowest BCUT2D eigenvalue weighted by Gasteiger charge is -2.24. The summed E-state index contributed by atoms with van der Waals surface area (Å²) in [6.45, 7) is 7.01. The maximum Gasteiger partial charge on any atom is 0.417 e. The van der Waals surface area contributed by atoms with Gasteiger partial charge in [0.15, 0.2) is 0 Å². The number of halogens is 6. The van der Waals surface area contributed by atoms with Gasteiger partial charge in [-0.15, -0.1) is 0 Å². The van der Waals surface area contributed by atoms with Crippen molar-refractivity contribution in [3.8, 4) is 11.1 Å². The molecule has 6 heteroatoms. The van der Waals surface area contributed by atoms with Gasteiger partial charge in [-0.05, 0) is 42.0 Å². The Labute approximate surface area is 148 Å². The normalized spacial score (nSPS) is 13.2. The van der Waals surface area contributed by atoms with Crippen LogP contribution in [0.5, 0.6) is 0 Å². The predicted octanol–water partition coefficient (Wildman–Crippen LogP) is 7.29. The fourth-order valence-electron chi connectivity index (χ4n) is 2.89. The zero-order valence-electron chi connectivity index (χ0n) is 14.9. The minimum Gasteiger partial charge on any atom is -0.166 e. The zero-order chi connectivity index (χ0) is 19.9. The quantitative estimate of drug-likeness (QED) is 0.484. The molecule has 2 aromatic carbocycles. The molecule has 142 valence electrons. The highest BCUT2D eigenvalue weighted by molar-refractivity contribution is 5.73. The van der Waals surface area contributed by atoms with Gasteiger partial charge in [0.2, 0.25) is 0 Å². The van der Waals surface area contributed by atoms with Gasteiger partial charge in [0.1, 0.15) is 0 Å². The first-order valence-electron chi connectivity index (χ1n) is 8.07. The van der Waals surface area contributed by atoms with Crippen LogP contribution in [0.3, 0.4) is 0 Å². The van der Waals surface area contributed by atoms with E-state index in [-0.39, 0.29) is 17.5 Å². The zero-order valence-corrected chi connectivity index (χ0v) is 14.9. The molecule has 0 spiro atoms. The molecule has 0 saturated carbocycles. The highest BCUT2D eigenvalue weighted by atomic mass is 19.4. The molecule has 0 N–H and O–H groups in total. The topological polar surface area (TPSA) is 0 Å². The molecule has 0 radical (unpaired) electrons. The van der Waals surface area contributed by atoms with Crippen LogP contribution in [0.1, 0.15) is 43.0 Å². The molecule has 0 aromatic heterocycles. The Kier molecular flexibility index (Phi) is 5.19. The van der Waals surface area contributed by atoms with Crippen molar-refractivity contribution in [1.82, 2.24) is 0 Å². The molecule has 0 aliphatic carbocycles. The van der Waals surface area contributed by atoms with Crippen LogP contribution in [-0.2, 0) is 18.8 Å². The van der Waals surface area contributed by atoms with Gasteiger partial charge in [-0.2, -0.15) is 26.3 Å². The van der Waals surface area contributed by atoms with Crippen LogP contribution >= 0.6 is 0 Å². The molecule has 0 fully saturated rings. The highest BCUT2D eigenvalue weighted by Gasteiger charge is 2.41. The molecule has 0 unspecified atom stereocenters. The number of aryl methyl sites for hydroxylation is 1. The van der Waals surface area contributed by atoms with E-state index in [0.29, 0.717) is 0 Å². The first-order valence-corrected chi connectivity index (χ1v) is 8.07. The van der Waals surface area contributed by atoms with E-state index in [0.717, 1.165) is 17.7 Å². The van der Waals surface area contributed by atoms with Gasteiger partial charge in [-0.3, -0.25) is 0 Å². The summed E-state index contributed by atoms with van der Waals surface area (Å²) >= 11 is 0. The minimum atomic E-state index is -4.89. The summed E-state index contributed by atoms with van der Waals surface area (Å²) in [6.07, 6.45) is -9.68. The second-order valence-electron chi connectivity index (χ2n) is 7.66. The van der Waals surface area contributed by atoms with E-state index in [9.17, 15) is 26.3 Å². The lowest BCUT2D eigenvalue weighted by molar-refractivity contribution is -0.142. The Bertz CT molecular complexity index is 739.